The third-order valence-electron chi connectivity index (χ3n) is 3.83. The van der Waals surface area contributed by atoms with Gasteiger partial charge < -0.3 is 14.6 Å². The third-order valence-corrected chi connectivity index (χ3v) is 5.07. The van der Waals surface area contributed by atoms with Crippen LogP contribution >= 0.6 is 11.8 Å². The van der Waals surface area contributed by atoms with Crippen molar-refractivity contribution in [1.82, 2.24) is 4.90 Å². The Balaban J connectivity index is 1.82. The van der Waals surface area contributed by atoms with Crippen LogP contribution < -0.4 is 4.74 Å². The van der Waals surface area contributed by atoms with Crippen molar-refractivity contribution in [3.63, 3.8) is 0 Å². The number of amides is 1. The molecule has 1 amide bonds. The van der Waals surface area contributed by atoms with Crippen LogP contribution in [0.1, 0.15) is 13.8 Å². The number of hydrogen-bond acceptors (Lipinski definition) is 6. The molecule has 0 aromatic heterocycles. The number of rotatable bonds is 5. The second-order valence-electron chi connectivity index (χ2n) is 5.55. The molecule has 2 aliphatic heterocycles. The van der Waals surface area contributed by atoms with Crippen LogP contribution in [0.3, 0.4) is 0 Å². The summed E-state index contributed by atoms with van der Waals surface area (Å²) in [4.78, 5) is 36.1. The topological polar surface area (TPSA) is 93.1 Å². The van der Waals surface area contributed by atoms with E-state index in [-0.39, 0.29) is 16.5 Å². The number of fused-ring (bicyclic) bond motifs is 1. The second-order valence-corrected chi connectivity index (χ2v) is 6.64. The number of nitrogens with zero attached hydrogens (tertiary/aromatic N) is 1. The van der Waals surface area contributed by atoms with Gasteiger partial charge in [0.15, 0.2) is 10.8 Å². The van der Waals surface area contributed by atoms with Gasteiger partial charge in [0.2, 0.25) is 5.91 Å². The minimum Gasteiger partial charge on any atom is -0.476 e. The highest BCUT2D eigenvalue weighted by Crippen LogP contribution is 2.51. The van der Waals surface area contributed by atoms with Crippen molar-refractivity contribution in [3.8, 4) is 5.75 Å². The molecule has 1 fully saturated rings. The number of halogens is 1. The summed E-state index contributed by atoms with van der Waals surface area (Å²) in [5.74, 6) is -3.12. The van der Waals surface area contributed by atoms with Crippen LogP contribution in [0.25, 0.3) is 0 Å². The number of esters is 1. The third kappa shape index (κ3) is 3.07. The van der Waals surface area contributed by atoms with Gasteiger partial charge in [0.05, 0.1) is 0 Å². The minimum atomic E-state index is -1.31. The molecule has 132 valence electrons. The lowest BCUT2D eigenvalue weighted by Gasteiger charge is -2.43. The predicted molar refractivity (Wildman–Crippen MR) is 84.6 cm³/mol. The van der Waals surface area contributed by atoms with E-state index in [1.165, 1.54) is 31.2 Å². The predicted octanol–water partition coefficient (Wildman–Crippen LogP) is 1.94. The van der Waals surface area contributed by atoms with Crippen molar-refractivity contribution in [2.45, 2.75) is 25.3 Å². The van der Waals surface area contributed by atoms with Crippen LogP contribution in [0.4, 0.5) is 4.39 Å². The Hall–Kier alpha value is -2.55. The highest BCUT2D eigenvalue weighted by Gasteiger charge is 2.59. The highest BCUT2D eigenvalue weighted by molar-refractivity contribution is 8.03. The number of carboxylic acids is 1. The number of carbonyl (C=O) groups excluding carboxylic acids is 2. The largest absolute Gasteiger partial charge is 0.476 e. The molecule has 1 saturated heterocycles. The van der Waals surface area contributed by atoms with E-state index in [1.807, 2.05) is 0 Å². The Morgan fingerprint density at radius 3 is 2.52 bits per heavy atom. The first-order valence-corrected chi connectivity index (χ1v) is 8.25. The van der Waals surface area contributed by atoms with Gasteiger partial charge in [-0.15, -0.1) is 0 Å². The minimum absolute atomic E-state index is 0.0370. The molecule has 25 heavy (non-hydrogen) atoms. The number of ether oxygens (including phenoxy) is 2. The molecule has 3 atom stereocenters. The van der Waals surface area contributed by atoms with Crippen LogP contribution in [0, 0.1) is 11.7 Å². The van der Waals surface area contributed by atoms with Crippen LogP contribution in [0.5, 0.6) is 5.75 Å². The summed E-state index contributed by atoms with van der Waals surface area (Å²) < 4.78 is 23.6. The molecule has 9 heteroatoms. The lowest BCUT2D eigenvalue weighted by atomic mass is 9.92. The summed E-state index contributed by atoms with van der Waals surface area (Å²) in [5, 5.41) is 8.94. The number of thioether (sulfide) groups is 1. The van der Waals surface area contributed by atoms with Crippen LogP contribution in [-0.2, 0) is 19.1 Å². The molecular weight excluding hydrogens is 353 g/mol. The first kappa shape index (κ1) is 17.3. The summed E-state index contributed by atoms with van der Waals surface area (Å²) in [7, 11) is 0. The van der Waals surface area contributed by atoms with Gasteiger partial charge >= 0.3 is 11.9 Å². The number of β-lactam (4-membered cyclic amide) rings is 1. The van der Waals surface area contributed by atoms with Gasteiger partial charge in [-0.25, -0.2) is 9.18 Å². The molecule has 1 aromatic carbocycles. The first-order valence-electron chi connectivity index (χ1n) is 7.37. The number of carboxylic acid groups (broad SMARTS) is 1. The molecule has 0 bridgehead atoms. The van der Waals surface area contributed by atoms with Crippen LogP contribution in [0.2, 0.25) is 0 Å². The Morgan fingerprint density at radius 1 is 1.32 bits per heavy atom. The van der Waals surface area contributed by atoms with Gasteiger partial charge in [0.25, 0.3) is 0 Å². The van der Waals surface area contributed by atoms with Gasteiger partial charge in [-0.3, -0.25) is 14.5 Å². The van der Waals surface area contributed by atoms with Crippen molar-refractivity contribution < 1.29 is 33.4 Å². The number of benzene rings is 1. The Morgan fingerprint density at radius 2 is 1.96 bits per heavy atom. The molecule has 0 radical (unpaired) electrons. The maximum atomic E-state index is 13.0. The normalized spacial score (nSPS) is 23.0. The molecule has 1 aromatic rings. The summed E-state index contributed by atoms with van der Waals surface area (Å²) in [5.41, 5.74) is -0.268. The van der Waals surface area contributed by atoms with E-state index in [0.717, 1.165) is 16.7 Å². The second kappa shape index (κ2) is 6.40. The molecule has 0 aliphatic carbocycles. The van der Waals surface area contributed by atoms with Gasteiger partial charge in [0, 0.05) is 6.92 Å². The number of carbonyl (C=O) groups is 3. The lowest BCUT2D eigenvalue weighted by Crippen LogP contribution is -2.61. The molecule has 3 rings (SSSR count). The maximum Gasteiger partial charge on any atom is 0.357 e. The standard InChI is InChI=1S/C16H14FNO6S/c1-7(23-8(2)19)11-13(20)18-12(15(21)22)16(25-14(11)18)24-10-5-3-9(17)4-6-10/h3-7,11,14H,1-2H3,(H,21,22)/t7-,11+,14?/m1/s1. The van der Waals surface area contributed by atoms with Gasteiger partial charge in [-0.2, -0.15) is 0 Å². The summed E-state index contributed by atoms with van der Waals surface area (Å²) in [6, 6.07) is 5.08. The Bertz CT molecular complexity index is 777. The molecular formula is C16H14FNO6S. The lowest BCUT2D eigenvalue weighted by molar-refractivity contribution is -0.165. The first-order chi connectivity index (χ1) is 11.8. The van der Waals surface area contributed by atoms with Crippen molar-refractivity contribution in [2.75, 3.05) is 0 Å². The maximum absolute atomic E-state index is 13.0. The van der Waals surface area contributed by atoms with Crippen molar-refractivity contribution in [1.29, 1.82) is 0 Å². The molecule has 7 nitrogen and oxygen atoms in total. The monoisotopic (exact) mass is 367 g/mol. The van der Waals surface area contributed by atoms with Crippen molar-refractivity contribution in [2.24, 2.45) is 5.92 Å². The average Bonchev–Trinajstić information content (AvgIpc) is 2.83. The molecule has 2 aliphatic rings. The van der Waals surface area contributed by atoms with E-state index in [0.29, 0.717) is 0 Å². The van der Waals surface area contributed by atoms with E-state index in [2.05, 4.69) is 0 Å². The van der Waals surface area contributed by atoms with Gasteiger partial charge in [0.1, 0.15) is 29.0 Å². The Kier molecular flexibility index (Phi) is 4.42. The smallest absolute Gasteiger partial charge is 0.357 e. The quantitative estimate of drug-likeness (QED) is 0.628. The zero-order chi connectivity index (χ0) is 18.3. The van der Waals surface area contributed by atoms with E-state index < -0.39 is 41.1 Å². The van der Waals surface area contributed by atoms with Crippen molar-refractivity contribution >= 4 is 29.6 Å². The molecule has 1 N–H and O–H groups in total. The average molecular weight is 367 g/mol. The van der Waals surface area contributed by atoms with Crippen LogP contribution in [0.15, 0.2) is 35.1 Å². The molecule has 2 heterocycles. The highest BCUT2D eigenvalue weighted by atomic mass is 32.2. The van der Waals surface area contributed by atoms with Crippen molar-refractivity contribution in [3.05, 3.63) is 40.9 Å². The van der Waals surface area contributed by atoms with E-state index in [4.69, 9.17) is 9.47 Å². The fourth-order valence-electron chi connectivity index (χ4n) is 2.75. The van der Waals surface area contributed by atoms with E-state index >= 15 is 0 Å². The summed E-state index contributed by atoms with van der Waals surface area (Å²) >= 11 is 1.06. The molecule has 0 saturated carbocycles. The zero-order valence-corrected chi connectivity index (χ0v) is 14.1. The van der Waals surface area contributed by atoms with Crippen LogP contribution in [-0.4, -0.2) is 39.3 Å². The van der Waals surface area contributed by atoms with E-state index in [9.17, 15) is 23.9 Å². The fourth-order valence-corrected chi connectivity index (χ4v) is 4.21. The molecule has 1 unspecified atom stereocenters. The number of hydrogen-bond donors (Lipinski definition) is 1. The SMILES string of the molecule is CC(=O)O[C@H](C)[C@H]1C(=O)N2C(C(=O)O)=C(Oc3ccc(F)cc3)SC12. The molecule has 0 spiro atoms. The summed E-state index contributed by atoms with van der Waals surface area (Å²) in [6.07, 6.45) is -0.682. The Labute approximate surface area is 146 Å². The van der Waals surface area contributed by atoms with Gasteiger partial charge in [-0.1, -0.05) is 11.8 Å². The van der Waals surface area contributed by atoms with Gasteiger partial charge in [-0.05, 0) is 31.2 Å². The van der Waals surface area contributed by atoms with E-state index in [1.54, 1.807) is 6.92 Å². The number of aliphatic carboxylic acids is 1. The summed E-state index contributed by atoms with van der Waals surface area (Å²) in [6.45, 7) is 2.82. The zero-order valence-electron chi connectivity index (χ0n) is 13.3. The fraction of sp³-hybridized carbons (Fsp3) is 0.312.